The van der Waals surface area contributed by atoms with Crippen molar-refractivity contribution < 1.29 is 9.18 Å². The molecular formula is C11H14BrFN2O. The second-order valence-corrected chi connectivity index (χ2v) is 4.32. The van der Waals surface area contributed by atoms with Crippen LogP contribution in [0.1, 0.15) is 18.9 Å². The van der Waals surface area contributed by atoms with Crippen molar-refractivity contribution in [1.82, 2.24) is 5.32 Å². The molecule has 0 aliphatic carbocycles. The quantitative estimate of drug-likeness (QED) is 0.890. The van der Waals surface area contributed by atoms with Gasteiger partial charge in [-0.25, -0.2) is 4.39 Å². The van der Waals surface area contributed by atoms with Gasteiger partial charge in [-0.2, -0.15) is 0 Å². The van der Waals surface area contributed by atoms with Gasteiger partial charge in [-0.05, 0) is 30.2 Å². The number of carbonyl (C=O) groups is 1. The summed E-state index contributed by atoms with van der Waals surface area (Å²) >= 11 is 3.29. The molecule has 0 aromatic heterocycles. The summed E-state index contributed by atoms with van der Waals surface area (Å²) < 4.78 is 13.7. The van der Waals surface area contributed by atoms with Crippen LogP contribution in [-0.4, -0.2) is 11.9 Å². The summed E-state index contributed by atoms with van der Waals surface area (Å²) in [6.07, 6.45) is 0.580. The number of hydrogen-bond acceptors (Lipinski definition) is 2. The highest BCUT2D eigenvalue weighted by Crippen LogP contribution is 2.17. The van der Waals surface area contributed by atoms with Gasteiger partial charge in [-0.3, -0.25) is 4.79 Å². The third-order valence-corrected chi connectivity index (χ3v) is 3.01. The van der Waals surface area contributed by atoms with Gasteiger partial charge < -0.3 is 11.1 Å². The summed E-state index contributed by atoms with van der Waals surface area (Å²) in [4.78, 5) is 11.4. The molecule has 0 unspecified atom stereocenters. The fourth-order valence-electron chi connectivity index (χ4n) is 1.18. The fourth-order valence-corrected chi connectivity index (χ4v) is 1.56. The van der Waals surface area contributed by atoms with Gasteiger partial charge in [-0.1, -0.05) is 22.9 Å². The molecule has 0 spiro atoms. The van der Waals surface area contributed by atoms with Crippen molar-refractivity contribution in [3.8, 4) is 0 Å². The Morgan fingerprint density at radius 3 is 2.94 bits per heavy atom. The summed E-state index contributed by atoms with van der Waals surface area (Å²) in [5.41, 5.74) is 6.24. The van der Waals surface area contributed by atoms with Crippen molar-refractivity contribution in [2.75, 3.05) is 0 Å². The van der Waals surface area contributed by atoms with E-state index in [4.69, 9.17) is 5.73 Å². The predicted molar refractivity (Wildman–Crippen MR) is 64.2 cm³/mol. The van der Waals surface area contributed by atoms with E-state index < -0.39 is 6.04 Å². The first-order valence-electron chi connectivity index (χ1n) is 5.01. The van der Waals surface area contributed by atoms with Crippen LogP contribution in [0.4, 0.5) is 4.39 Å². The molecule has 1 amide bonds. The third kappa shape index (κ3) is 3.57. The van der Waals surface area contributed by atoms with E-state index in [2.05, 4.69) is 21.2 Å². The molecule has 1 rings (SSSR count). The maximum Gasteiger partial charge on any atom is 0.237 e. The van der Waals surface area contributed by atoms with Gasteiger partial charge in [-0.15, -0.1) is 0 Å². The molecule has 0 aliphatic heterocycles. The highest BCUT2D eigenvalue weighted by molar-refractivity contribution is 9.10. The van der Waals surface area contributed by atoms with E-state index in [1.807, 2.05) is 6.92 Å². The van der Waals surface area contributed by atoms with Gasteiger partial charge in [0.25, 0.3) is 0 Å². The highest BCUT2D eigenvalue weighted by Gasteiger charge is 2.11. The lowest BCUT2D eigenvalue weighted by molar-refractivity contribution is -0.122. The lowest BCUT2D eigenvalue weighted by Gasteiger charge is -2.11. The van der Waals surface area contributed by atoms with Crippen LogP contribution in [0.5, 0.6) is 0 Å². The van der Waals surface area contributed by atoms with Gasteiger partial charge in [0.2, 0.25) is 5.91 Å². The first kappa shape index (κ1) is 13.1. The SMILES string of the molecule is CC[C@@H](N)C(=O)NCc1cc(F)ccc1Br. The molecule has 0 fully saturated rings. The highest BCUT2D eigenvalue weighted by atomic mass is 79.9. The molecule has 1 atom stereocenters. The van der Waals surface area contributed by atoms with E-state index in [-0.39, 0.29) is 18.3 Å². The summed E-state index contributed by atoms with van der Waals surface area (Å²) in [6, 6.07) is 3.83. The summed E-state index contributed by atoms with van der Waals surface area (Å²) in [5.74, 6) is -0.550. The maximum atomic E-state index is 12.9. The minimum absolute atomic E-state index is 0.223. The minimum atomic E-state index is -0.507. The number of amides is 1. The number of benzene rings is 1. The molecule has 1 aromatic rings. The lowest BCUT2D eigenvalue weighted by atomic mass is 10.2. The largest absolute Gasteiger partial charge is 0.351 e. The van der Waals surface area contributed by atoms with Crippen LogP contribution in [0, 0.1) is 5.82 Å². The molecule has 3 N–H and O–H groups in total. The molecular weight excluding hydrogens is 275 g/mol. The number of hydrogen-bond donors (Lipinski definition) is 2. The number of carbonyl (C=O) groups excluding carboxylic acids is 1. The van der Waals surface area contributed by atoms with Crippen LogP contribution in [0.25, 0.3) is 0 Å². The van der Waals surface area contributed by atoms with Crippen molar-refractivity contribution in [1.29, 1.82) is 0 Å². The molecule has 0 bridgehead atoms. The molecule has 3 nitrogen and oxygen atoms in total. The average molecular weight is 289 g/mol. The first-order valence-corrected chi connectivity index (χ1v) is 5.81. The van der Waals surface area contributed by atoms with Crippen molar-refractivity contribution in [3.63, 3.8) is 0 Å². The van der Waals surface area contributed by atoms with Gasteiger partial charge in [0.05, 0.1) is 6.04 Å². The zero-order chi connectivity index (χ0) is 12.1. The zero-order valence-electron chi connectivity index (χ0n) is 8.97. The monoisotopic (exact) mass is 288 g/mol. The summed E-state index contributed by atoms with van der Waals surface area (Å²) in [6.45, 7) is 2.10. The van der Waals surface area contributed by atoms with Gasteiger partial charge in [0, 0.05) is 11.0 Å². The van der Waals surface area contributed by atoms with E-state index in [9.17, 15) is 9.18 Å². The van der Waals surface area contributed by atoms with E-state index in [0.717, 1.165) is 4.47 Å². The van der Waals surface area contributed by atoms with Gasteiger partial charge in [0.15, 0.2) is 0 Å². The Morgan fingerprint density at radius 2 is 2.31 bits per heavy atom. The van der Waals surface area contributed by atoms with Crippen LogP contribution in [-0.2, 0) is 11.3 Å². The van der Waals surface area contributed by atoms with E-state index in [1.54, 1.807) is 6.07 Å². The van der Waals surface area contributed by atoms with Crippen LogP contribution < -0.4 is 11.1 Å². The Hall–Kier alpha value is -0.940. The number of nitrogens with two attached hydrogens (primary N) is 1. The minimum Gasteiger partial charge on any atom is -0.351 e. The van der Waals surface area contributed by atoms with Crippen LogP contribution >= 0.6 is 15.9 Å². The Morgan fingerprint density at radius 1 is 1.62 bits per heavy atom. The number of rotatable bonds is 4. The van der Waals surface area contributed by atoms with Gasteiger partial charge in [0.1, 0.15) is 5.82 Å². The second-order valence-electron chi connectivity index (χ2n) is 3.47. The fraction of sp³-hybridized carbons (Fsp3) is 0.364. The first-order chi connectivity index (χ1) is 7.54. The Labute approximate surface area is 102 Å². The van der Waals surface area contributed by atoms with Crippen LogP contribution in [0.15, 0.2) is 22.7 Å². The third-order valence-electron chi connectivity index (χ3n) is 2.24. The normalized spacial score (nSPS) is 12.2. The zero-order valence-corrected chi connectivity index (χ0v) is 10.6. The van der Waals surface area contributed by atoms with Crippen LogP contribution in [0.3, 0.4) is 0 Å². The van der Waals surface area contributed by atoms with Crippen molar-refractivity contribution >= 4 is 21.8 Å². The molecule has 0 saturated heterocycles. The second kappa shape index (κ2) is 5.96. The van der Waals surface area contributed by atoms with Crippen LogP contribution in [0.2, 0.25) is 0 Å². The predicted octanol–water partition coefficient (Wildman–Crippen LogP) is 1.94. The van der Waals surface area contributed by atoms with E-state index >= 15 is 0 Å². The Balaban J connectivity index is 2.61. The van der Waals surface area contributed by atoms with Crippen molar-refractivity contribution in [2.24, 2.45) is 5.73 Å². The standard InChI is InChI=1S/C11H14BrFN2O/c1-2-10(14)11(16)15-6-7-5-8(13)3-4-9(7)12/h3-5,10H,2,6,14H2,1H3,(H,15,16)/t10-/m1/s1. The van der Waals surface area contributed by atoms with Crippen molar-refractivity contribution in [3.05, 3.63) is 34.1 Å². The Kier molecular flexibility index (Phi) is 4.89. The maximum absolute atomic E-state index is 12.9. The Bertz CT molecular complexity index is 384. The molecule has 16 heavy (non-hydrogen) atoms. The van der Waals surface area contributed by atoms with E-state index in [1.165, 1.54) is 12.1 Å². The molecule has 0 radical (unpaired) electrons. The summed E-state index contributed by atoms with van der Waals surface area (Å²) in [7, 11) is 0. The molecule has 0 saturated carbocycles. The number of halogens is 2. The molecule has 0 aliphatic rings. The molecule has 0 heterocycles. The van der Waals surface area contributed by atoms with Gasteiger partial charge >= 0.3 is 0 Å². The topological polar surface area (TPSA) is 55.1 Å². The molecule has 5 heteroatoms. The molecule has 88 valence electrons. The van der Waals surface area contributed by atoms with E-state index in [0.29, 0.717) is 12.0 Å². The number of nitrogens with one attached hydrogen (secondary N) is 1. The molecule has 1 aromatic carbocycles. The lowest BCUT2D eigenvalue weighted by Crippen LogP contribution is -2.39. The average Bonchev–Trinajstić information content (AvgIpc) is 2.28. The smallest absolute Gasteiger partial charge is 0.237 e. The summed E-state index contributed by atoms with van der Waals surface area (Å²) in [5, 5.41) is 2.66. The van der Waals surface area contributed by atoms with Crippen molar-refractivity contribution in [2.45, 2.75) is 25.9 Å².